The number of para-hydroxylation sites is 1. The predicted octanol–water partition coefficient (Wildman–Crippen LogP) is 4.22. The van der Waals surface area contributed by atoms with E-state index < -0.39 is 5.97 Å². The molecule has 106 valence electrons. The summed E-state index contributed by atoms with van der Waals surface area (Å²) in [6.07, 6.45) is 0. The number of carbonyl (C=O) groups is 1. The van der Waals surface area contributed by atoms with E-state index in [1.165, 1.54) is 18.4 Å². The summed E-state index contributed by atoms with van der Waals surface area (Å²) in [6, 6.07) is 9.88. The number of rotatable bonds is 2. The number of hydrogen-bond donors (Lipinski definition) is 0. The lowest BCUT2D eigenvalue weighted by molar-refractivity contribution is 0.0594. The Hall–Kier alpha value is -1.79. The Morgan fingerprint density at radius 1 is 1.29 bits per heavy atom. The first-order chi connectivity index (χ1) is 10.1. The molecule has 0 spiro atoms. The number of thiazole rings is 1. The van der Waals surface area contributed by atoms with Crippen LogP contribution in [0.1, 0.15) is 15.4 Å². The van der Waals surface area contributed by atoms with Crippen LogP contribution < -0.4 is 0 Å². The molecule has 0 aliphatic rings. The molecule has 0 aliphatic heterocycles. The fourth-order valence-electron chi connectivity index (χ4n) is 2.02. The summed E-state index contributed by atoms with van der Waals surface area (Å²) < 4.78 is 5.59. The third-order valence-electron chi connectivity index (χ3n) is 3.06. The maximum atomic E-state index is 11.7. The lowest BCUT2D eigenvalue weighted by Gasteiger charge is -2.03. The first kappa shape index (κ1) is 14.2. The van der Waals surface area contributed by atoms with Gasteiger partial charge in [0.1, 0.15) is 10.7 Å². The van der Waals surface area contributed by atoms with Crippen LogP contribution in [-0.4, -0.2) is 23.0 Å². The van der Waals surface area contributed by atoms with Gasteiger partial charge in [-0.3, -0.25) is 0 Å². The number of fused-ring (bicyclic) bond motifs is 1. The summed E-state index contributed by atoms with van der Waals surface area (Å²) in [7, 11) is 1.35. The minimum absolute atomic E-state index is 0.347. The molecule has 3 rings (SSSR count). The molecule has 0 aliphatic carbocycles. The summed E-state index contributed by atoms with van der Waals surface area (Å²) >= 11 is 4.96. The molecule has 3 aromatic rings. The standard InChI is InChI=1S/C15H11BrN2O2S/c1-8-12(15(19)20-2)18-14(21-8)13-10(16)7-9-5-3-4-6-11(9)17-13/h3-7H,1-2H3. The number of methoxy groups -OCH3 is 1. The average molecular weight is 363 g/mol. The minimum atomic E-state index is -0.424. The largest absolute Gasteiger partial charge is 0.464 e. The van der Waals surface area contributed by atoms with Crippen molar-refractivity contribution in [2.75, 3.05) is 7.11 Å². The molecule has 4 nitrogen and oxygen atoms in total. The van der Waals surface area contributed by atoms with Crippen molar-refractivity contribution >= 4 is 44.1 Å². The van der Waals surface area contributed by atoms with Gasteiger partial charge in [0.15, 0.2) is 5.69 Å². The Bertz CT molecular complexity index is 845. The molecular formula is C15H11BrN2O2S. The Morgan fingerprint density at radius 2 is 2.05 bits per heavy atom. The van der Waals surface area contributed by atoms with Crippen molar-refractivity contribution in [3.05, 3.63) is 45.4 Å². The number of nitrogens with zero attached hydrogens (tertiary/aromatic N) is 2. The number of aryl methyl sites for hydroxylation is 1. The Morgan fingerprint density at radius 3 is 2.81 bits per heavy atom. The van der Waals surface area contributed by atoms with Gasteiger partial charge in [-0.05, 0) is 35.0 Å². The first-order valence-electron chi connectivity index (χ1n) is 6.21. The molecule has 0 fully saturated rings. The fraction of sp³-hybridized carbons (Fsp3) is 0.133. The lowest BCUT2D eigenvalue weighted by atomic mass is 10.2. The van der Waals surface area contributed by atoms with Crippen LogP contribution in [0, 0.1) is 6.92 Å². The van der Waals surface area contributed by atoms with Gasteiger partial charge in [-0.15, -0.1) is 11.3 Å². The molecule has 2 heterocycles. The smallest absolute Gasteiger partial charge is 0.357 e. The van der Waals surface area contributed by atoms with Gasteiger partial charge < -0.3 is 4.74 Å². The van der Waals surface area contributed by atoms with E-state index in [0.717, 1.165) is 25.9 Å². The van der Waals surface area contributed by atoms with Crippen LogP contribution in [0.25, 0.3) is 21.6 Å². The number of halogens is 1. The summed E-state index contributed by atoms with van der Waals surface area (Å²) in [5, 5.41) is 1.75. The molecule has 0 bridgehead atoms. The summed E-state index contributed by atoms with van der Waals surface area (Å²) in [5.41, 5.74) is 1.97. The molecule has 0 saturated heterocycles. The van der Waals surface area contributed by atoms with E-state index in [0.29, 0.717) is 10.7 Å². The van der Waals surface area contributed by atoms with E-state index >= 15 is 0 Å². The highest BCUT2D eigenvalue weighted by atomic mass is 79.9. The highest BCUT2D eigenvalue weighted by molar-refractivity contribution is 9.10. The molecule has 2 aromatic heterocycles. The number of benzene rings is 1. The topological polar surface area (TPSA) is 52.1 Å². The van der Waals surface area contributed by atoms with Crippen LogP contribution in [0.2, 0.25) is 0 Å². The molecule has 1 aromatic carbocycles. The first-order valence-corrected chi connectivity index (χ1v) is 7.82. The van der Waals surface area contributed by atoms with Gasteiger partial charge in [0.2, 0.25) is 0 Å². The van der Waals surface area contributed by atoms with Gasteiger partial charge in [0, 0.05) is 14.7 Å². The minimum Gasteiger partial charge on any atom is -0.464 e. The number of carbonyl (C=O) groups excluding carboxylic acids is 1. The van der Waals surface area contributed by atoms with Crippen molar-refractivity contribution in [1.29, 1.82) is 0 Å². The average Bonchev–Trinajstić information content (AvgIpc) is 2.87. The normalized spacial score (nSPS) is 10.8. The molecule has 0 amide bonds. The summed E-state index contributed by atoms with van der Waals surface area (Å²) in [5.74, 6) is -0.424. The van der Waals surface area contributed by atoms with Crippen molar-refractivity contribution < 1.29 is 9.53 Å². The van der Waals surface area contributed by atoms with Crippen molar-refractivity contribution in [3.63, 3.8) is 0 Å². The number of aromatic nitrogens is 2. The molecular weight excluding hydrogens is 352 g/mol. The van der Waals surface area contributed by atoms with E-state index in [-0.39, 0.29) is 0 Å². The SMILES string of the molecule is COC(=O)c1nc(-c2nc3ccccc3cc2Br)sc1C. The molecule has 0 atom stereocenters. The maximum Gasteiger partial charge on any atom is 0.357 e. The van der Waals surface area contributed by atoms with Crippen molar-refractivity contribution in [2.45, 2.75) is 6.92 Å². The van der Waals surface area contributed by atoms with Gasteiger partial charge >= 0.3 is 5.97 Å². The Balaban J connectivity index is 2.16. The monoisotopic (exact) mass is 362 g/mol. The Labute approximate surface area is 133 Å². The number of hydrogen-bond acceptors (Lipinski definition) is 5. The molecule has 0 radical (unpaired) electrons. The highest BCUT2D eigenvalue weighted by Gasteiger charge is 2.19. The third-order valence-corrected chi connectivity index (χ3v) is 4.64. The molecule has 0 unspecified atom stereocenters. The second kappa shape index (κ2) is 5.54. The molecule has 6 heteroatoms. The van der Waals surface area contributed by atoms with Crippen LogP contribution in [0.15, 0.2) is 34.8 Å². The number of esters is 1. The molecule has 0 N–H and O–H groups in total. The van der Waals surface area contributed by atoms with E-state index in [9.17, 15) is 4.79 Å². The maximum absolute atomic E-state index is 11.7. The van der Waals surface area contributed by atoms with E-state index in [2.05, 4.69) is 25.9 Å². The van der Waals surface area contributed by atoms with Crippen LogP contribution in [0.5, 0.6) is 0 Å². The van der Waals surface area contributed by atoms with Crippen molar-refractivity contribution in [1.82, 2.24) is 9.97 Å². The zero-order valence-electron chi connectivity index (χ0n) is 11.4. The van der Waals surface area contributed by atoms with Gasteiger partial charge in [-0.2, -0.15) is 0 Å². The van der Waals surface area contributed by atoms with Crippen LogP contribution >= 0.6 is 27.3 Å². The van der Waals surface area contributed by atoms with Crippen molar-refractivity contribution in [3.8, 4) is 10.7 Å². The predicted molar refractivity (Wildman–Crippen MR) is 86.6 cm³/mol. The molecule has 0 saturated carbocycles. The van der Waals surface area contributed by atoms with Crippen molar-refractivity contribution in [2.24, 2.45) is 0 Å². The van der Waals surface area contributed by atoms with Gasteiger partial charge in [-0.25, -0.2) is 14.8 Å². The zero-order valence-corrected chi connectivity index (χ0v) is 13.8. The zero-order chi connectivity index (χ0) is 15.0. The van der Waals surface area contributed by atoms with E-state index in [1.807, 2.05) is 37.3 Å². The highest BCUT2D eigenvalue weighted by Crippen LogP contribution is 2.33. The summed E-state index contributed by atoms with van der Waals surface area (Å²) in [6.45, 7) is 1.85. The van der Waals surface area contributed by atoms with Gasteiger partial charge in [0.05, 0.1) is 12.6 Å². The van der Waals surface area contributed by atoms with Gasteiger partial charge in [-0.1, -0.05) is 18.2 Å². The number of ether oxygens (including phenoxy) is 1. The Kier molecular flexibility index (Phi) is 3.73. The van der Waals surface area contributed by atoms with E-state index in [1.54, 1.807) is 0 Å². The fourth-order valence-corrected chi connectivity index (χ4v) is 3.58. The van der Waals surface area contributed by atoms with Crippen LogP contribution in [0.3, 0.4) is 0 Å². The van der Waals surface area contributed by atoms with Crippen LogP contribution in [-0.2, 0) is 4.74 Å². The van der Waals surface area contributed by atoms with E-state index in [4.69, 9.17) is 4.74 Å². The third kappa shape index (κ3) is 2.56. The number of pyridine rings is 1. The second-order valence-corrected chi connectivity index (χ2v) is 6.48. The quantitative estimate of drug-likeness (QED) is 0.640. The summed E-state index contributed by atoms with van der Waals surface area (Å²) in [4.78, 5) is 21.5. The lowest BCUT2D eigenvalue weighted by Crippen LogP contribution is -2.03. The van der Waals surface area contributed by atoms with Crippen LogP contribution in [0.4, 0.5) is 0 Å². The molecule has 21 heavy (non-hydrogen) atoms. The second-order valence-electron chi connectivity index (χ2n) is 4.43. The van der Waals surface area contributed by atoms with Gasteiger partial charge in [0.25, 0.3) is 0 Å².